The van der Waals surface area contributed by atoms with Crippen molar-refractivity contribution in [2.45, 2.75) is 19.4 Å². The Bertz CT molecular complexity index is 445. The fraction of sp³-hybridized carbons (Fsp3) is 0.300. The average Bonchev–Trinajstić information content (AvgIpc) is 2.53. The molecule has 0 amide bonds. The van der Waals surface area contributed by atoms with Gasteiger partial charge in [-0.25, -0.2) is 4.79 Å². The van der Waals surface area contributed by atoms with Crippen LogP contribution in [-0.2, 0) is 6.42 Å². The number of hydrogen-bond donors (Lipinski definition) is 1. The van der Waals surface area contributed by atoms with Gasteiger partial charge in [-0.1, -0.05) is 27.5 Å². The third-order valence-electron chi connectivity index (χ3n) is 2.31. The number of carbonyl (C=O) groups is 1. The Morgan fingerprint density at radius 3 is 3.00 bits per heavy atom. The summed E-state index contributed by atoms with van der Waals surface area (Å²) in [5, 5.41) is 9.11. The maximum atomic E-state index is 10.9. The van der Waals surface area contributed by atoms with Crippen molar-refractivity contribution in [1.29, 1.82) is 0 Å². The van der Waals surface area contributed by atoms with E-state index in [1.54, 1.807) is 0 Å². The van der Waals surface area contributed by atoms with E-state index in [2.05, 4.69) is 15.9 Å². The van der Waals surface area contributed by atoms with Crippen LogP contribution >= 0.6 is 27.5 Å². The molecule has 0 bridgehead atoms. The molecule has 0 spiro atoms. The quantitative estimate of drug-likeness (QED) is 0.864. The van der Waals surface area contributed by atoms with Crippen LogP contribution in [0.4, 0.5) is 0 Å². The van der Waals surface area contributed by atoms with E-state index < -0.39 is 5.97 Å². The van der Waals surface area contributed by atoms with Crippen LogP contribution in [0.1, 0.15) is 22.8 Å². The minimum Gasteiger partial charge on any atom is -0.488 e. The van der Waals surface area contributed by atoms with Gasteiger partial charge in [-0.05, 0) is 13.0 Å². The molecule has 1 N–H and O–H groups in total. The maximum Gasteiger partial charge on any atom is 0.337 e. The number of benzene rings is 1. The summed E-state index contributed by atoms with van der Waals surface area (Å²) in [4.78, 5) is 10.9. The molecule has 3 nitrogen and oxygen atoms in total. The number of carboxylic acids is 1. The molecule has 0 saturated carbocycles. The van der Waals surface area contributed by atoms with Crippen LogP contribution < -0.4 is 4.74 Å². The van der Waals surface area contributed by atoms with Crippen LogP contribution in [0.15, 0.2) is 10.5 Å². The highest BCUT2D eigenvalue weighted by Crippen LogP contribution is 2.42. The molecule has 2 rings (SSSR count). The molecule has 0 radical (unpaired) electrons. The summed E-state index contributed by atoms with van der Waals surface area (Å²) in [6.07, 6.45) is 0.785. The van der Waals surface area contributed by atoms with Gasteiger partial charge in [0.2, 0.25) is 0 Å². The van der Waals surface area contributed by atoms with Gasteiger partial charge in [-0.2, -0.15) is 0 Å². The van der Waals surface area contributed by atoms with Gasteiger partial charge in [0.05, 0.1) is 10.6 Å². The third kappa shape index (κ3) is 1.72. The zero-order chi connectivity index (χ0) is 11.2. The summed E-state index contributed by atoms with van der Waals surface area (Å²) in [5.41, 5.74) is 1.01. The van der Waals surface area contributed by atoms with Crippen molar-refractivity contribution in [3.63, 3.8) is 0 Å². The highest BCUT2D eigenvalue weighted by atomic mass is 79.9. The number of rotatable bonds is 1. The smallest absolute Gasteiger partial charge is 0.337 e. The maximum absolute atomic E-state index is 10.9. The van der Waals surface area contributed by atoms with Crippen LogP contribution in [0.3, 0.4) is 0 Å². The largest absolute Gasteiger partial charge is 0.488 e. The van der Waals surface area contributed by atoms with E-state index in [0.29, 0.717) is 5.75 Å². The Hall–Kier alpha value is -0.740. The molecule has 1 aliphatic heterocycles. The van der Waals surface area contributed by atoms with Crippen molar-refractivity contribution >= 4 is 33.5 Å². The molecule has 1 aromatic rings. The fourth-order valence-electron chi connectivity index (χ4n) is 1.64. The highest BCUT2D eigenvalue weighted by molar-refractivity contribution is 9.10. The van der Waals surface area contributed by atoms with Crippen LogP contribution in [-0.4, -0.2) is 17.2 Å². The predicted octanol–water partition coefficient (Wildman–Crippen LogP) is 3.12. The zero-order valence-corrected chi connectivity index (χ0v) is 10.2. The molecule has 0 fully saturated rings. The summed E-state index contributed by atoms with van der Waals surface area (Å²) >= 11 is 9.29. The van der Waals surface area contributed by atoms with Crippen molar-refractivity contribution in [1.82, 2.24) is 0 Å². The number of fused-ring (bicyclic) bond motifs is 1. The van der Waals surface area contributed by atoms with Gasteiger partial charge < -0.3 is 9.84 Å². The number of carboxylic acid groups (broad SMARTS) is 1. The second-order valence-electron chi connectivity index (χ2n) is 3.47. The Morgan fingerprint density at radius 1 is 1.73 bits per heavy atom. The topological polar surface area (TPSA) is 46.5 Å². The summed E-state index contributed by atoms with van der Waals surface area (Å²) in [6, 6.07) is 1.52. The van der Waals surface area contributed by atoms with E-state index in [9.17, 15) is 4.79 Å². The molecular weight excluding hydrogens is 283 g/mol. The van der Waals surface area contributed by atoms with Crippen molar-refractivity contribution in [2.24, 2.45) is 0 Å². The summed E-state index contributed by atoms with van der Waals surface area (Å²) in [7, 11) is 0. The Morgan fingerprint density at radius 2 is 2.40 bits per heavy atom. The van der Waals surface area contributed by atoms with Gasteiger partial charge in [-0.15, -0.1) is 0 Å². The van der Waals surface area contributed by atoms with Gasteiger partial charge in [0.25, 0.3) is 0 Å². The highest BCUT2D eigenvalue weighted by Gasteiger charge is 2.27. The zero-order valence-electron chi connectivity index (χ0n) is 7.88. The van der Waals surface area contributed by atoms with Crippen molar-refractivity contribution < 1.29 is 14.6 Å². The van der Waals surface area contributed by atoms with Gasteiger partial charge >= 0.3 is 5.97 Å². The minimum absolute atomic E-state index is 0.0397. The van der Waals surface area contributed by atoms with Crippen LogP contribution in [0.25, 0.3) is 0 Å². The molecule has 5 heteroatoms. The van der Waals surface area contributed by atoms with Crippen molar-refractivity contribution in [3.05, 3.63) is 26.7 Å². The van der Waals surface area contributed by atoms with E-state index in [0.717, 1.165) is 16.5 Å². The Kier molecular flexibility index (Phi) is 2.64. The Labute approximate surface area is 100 Å². The molecule has 80 valence electrons. The first-order valence-electron chi connectivity index (χ1n) is 4.41. The first-order valence-corrected chi connectivity index (χ1v) is 5.58. The molecule has 15 heavy (non-hydrogen) atoms. The Balaban J connectivity index is 2.63. The van der Waals surface area contributed by atoms with Crippen molar-refractivity contribution in [3.8, 4) is 5.75 Å². The van der Waals surface area contributed by atoms with Crippen LogP contribution in [0.5, 0.6) is 5.75 Å². The first-order chi connectivity index (χ1) is 7.00. The molecule has 0 aliphatic carbocycles. The molecule has 1 unspecified atom stereocenters. The van der Waals surface area contributed by atoms with E-state index >= 15 is 0 Å². The van der Waals surface area contributed by atoms with Crippen LogP contribution in [0, 0.1) is 0 Å². The van der Waals surface area contributed by atoms with E-state index in [4.69, 9.17) is 21.4 Å². The average molecular weight is 292 g/mol. The number of aromatic carboxylic acids is 1. The second kappa shape index (κ2) is 3.68. The fourth-order valence-corrected chi connectivity index (χ4v) is 2.50. The van der Waals surface area contributed by atoms with Gasteiger partial charge in [-0.3, -0.25) is 0 Å². The second-order valence-corrected chi connectivity index (χ2v) is 4.70. The summed E-state index contributed by atoms with van der Waals surface area (Å²) in [5.74, 6) is -0.553. The molecule has 1 heterocycles. The molecule has 0 saturated heterocycles. The molecule has 1 aromatic carbocycles. The first kappa shape index (κ1) is 10.8. The predicted molar refractivity (Wildman–Crippen MR) is 59.9 cm³/mol. The van der Waals surface area contributed by atoms with E-state index in [1.165, 1.54) is 6.07 Å². The lowest BCUT2D eigenvalue weighted by Gasteiger charge is -2.07. The molecule has 0 aromatic heterocycles. The third-order valence-corrected chi connectivity index (χ3v) is 3.39. The SMILES string of the molecule is CC1Cc2c(Br)cc(C(=O)O)c(Cl)c2O1. The van der Waals surface area contributed by atoms with E-state index in [-0.39, 0.29) is 16.7 Å². The van der Waals surface area contributed by atoms with E-state index in [1.807, 2.05) is 6.92 Å². The van der Waals surface area contributed by atoms with Gasteiger partial charge in [0, 0.05) is 16.5 Å². The van der Waals surface area contributed by atoms with Gasteiger partial charge in [0.15, 0.2) is 0 Å². The standard InChI is InChI=1S/C10H8BrClO3/c1-4-2-5-7(11)3-6(10(13)14)8(12)9(5)15-4/h3-4H,2H2,1H3,(H,13,14). The number of halogens is 2. The lowest BCUT2D eigenvalue weighted by molar-refractivity contribution is 0.0696. The summed E-state index contributed by atoms with van der Waals surface area (Å²) < 4.78 is 6.22. The lowest BCUT2D eigenvalue weighted by Crippen LogP contribution is -2.05. The lowest BCUT2D eigenvalue weighted by atomic mass is 10.1. The van der Waals surface area contributed by atoms with Crippen LogP contribution in [0.2, 0.25) is 5.02 Å². The minimum atomic E-state index is -1.05. The molecular formula is C10H8BrClO3. The normalized spacial score (nSPS) is 18.5. The number of hydrogen-bond acceptors (Lipinski definition) is 2. The number of ether oxygens (including phenoxy) is 1. The molecule has 1 aliphatic rings. The van der Waals surface area contributed by atoms with Gasteiger partial charge in [0.1, 0.15) is 11.9 Å². The molecule has 1 atom stereocenters. The monoisotopic (exact) mass is 290 g/mol. The summed E-state index contributed by atoms with van der Waals surface area (Å²) in [6.45, 7) is 1.92. The van der Waals surface area contributed by atoms with Crippen molar-refractivity contribution in [2.75, 3.05) is 0 Å².